The highest BCUT2D eigenvalue weighted by molar-refractivity contribution is 9.10. The number of aryl methyl sites for hydroxylation is 1. The van der Waals surface area contributed by atoms with Gasteiger partial charge in [0.1, 0.15) is 0 Å². The van der Waals surface area contributed by atoms with E-state index in [1.807, 2.05) is 25.1 Å². The largest absolute Gasteiger partial charge is 0.397 e. The second-order valence-electron chi connectivity index (χ2n) is 3.21. The van der Waals surface area contributed by atoms with Crippen LogP contribution in [-0.4, -0.2) is 9.78 Å². The molecule has 0 saturated carbocycles. The van der Waals surface area contributed by atoms with Crippen LogP contribution < -0.4 is 5.73 Å². The summed E-state index contributed by atoms with van der Waals surface area (Å²) in [6.45, 7) is 1.86. The number of halogens is 2. The van der Waals surface area contributed by atoms with Crippen LogP contribution in [0.1, 0.15) is 5.69 Å². The van der Waals surface area contributed by atoms with E-state index in [4.69, 9.17) is 17.3 Å². The van der Waals surface area contributed by atoms with E-state index in [1.54, 1.807) is 10.9 Å². The van der Waals surface area contributed by atoms with Gasteiger partial charge in [-0.15, -0.1) is 0 Å². The number of nitrogens with two attached hydrogens (primary N) is 1. The van der Waals surface area contributed by atoms with Gasteiger partial charge in [-0.3, -0.25) is 0 Å². The number of nitrogens with zero attached hydrogens (tertiary/aromatic N) is 2. The third-order valence-corrected chi connectivity index (χ3v) is 2.94. The number of aromatic nitrogens is 2. The minimum absolute atomic E-state index is 0.636. The molecule has 0 unspecified atom stereocenters. The maximum Gasteiger partial charge on any atom is 0.0876 e. The highest BCUT2D eigenvalue weighted by Crippen LogP contribution is 2.23. The van der Waals surface area contributed by atoms with Crippen molar-refractivity contribution < 1.29 is 0 Å². The lowest BCUT2D eigenvalue weighted by Crippen LogP contribution is -2.00. The zero-order valence-corrected chi connectivity index (χ0v) is 10.4. The molecule has 78 valence electrons. The number of rotatable bonds is 1. The van der Waals surface area contributed by atoms with E-state index in [-0.39, 0.29) is 0 Å². The predicted octanol–water partition coefficient (Wildman–Crippen LogP) is 3.18. The molecule has 0 saturated heterocycles. The molecule has 0 fully saturated rings. The van der Waals surface area contributed by atoms with Gasteiger partial charge in [0.05, 0.1) is 22.1 Å². The number of anilines is 1. The molecule has 0 aliphatic heterocycles. The molecule has 1 aromatic carbocycles. The first-order valence-electron chi connectivity index (χ1n) is 4.35. The Labute approximate surface area is 101 Å². The van der Waals surface area contributed by atoms with Crippen LogP contribution >= 0.6 is 27.5 Å². The second kappa shape index (κ2) is 3.87. The van der Waals surface area contributed by atoms with E-state index in [0.717, 1.165) is 15.9 Å². The number of nitrogen functional groups attached to an aromatic ring is 1. The normalized spacial score (nSPS) is 10.6. The van der Waals surface area contributed by atoms with E-state index in [9.17, 15) is 0 Å². The molecule has 0 spiro atoms. The van der Waals surface area contributed by atoms with Crippen LogP contribution in [0.15, 0.2) is 28.9 Å². The third kappa shape index (κ3) is 2.01. The number of hydrogen-bond acceptors (Lipinski definition) is 2. The Hall–Kier alpha value is -1.00. The molecule has 3 nitrogen and oxygen atoms in total. The lowest BCUT2D eigenvalue weighted by atomic mass is 10.3. The van der Waals surface area contributed by atoms with Crippen molar-refractivity contribution in [2.75, 3.05) is 5.73 Å². The van der Waals surface area contributed by atoms with Crippen molar-refractivity contribution in [2.45, 2.75) is 6.92 Å². The predicted molar refractivity (Wildman–Crippen MR) is 65.4 cm³/mol. The van der Waals surface area contributed by atoms with Crippen molar-refractivity contribution >= 4 is 33.2 Å². The molecule has 5 heteroatoms. The maximum absolute atomic E-state index is 5.93. The first-order valence-corrected chi connectivity index (χ1v) is 5.52. The van der Waals surface area contributed by atoms with Gasteiger partial charge < -0.3 is 5.73 Å². The SMILES string of the molecule is Cc1nn(-c2ccc(Br)cc2N)cc1Cl. The molecule has 2 aromatic rings. The van der Waals surface area contributed by atoms with E-state index in [0.29, 0.717) is 10.7 Å². The Balaban J connectivity index is 2.54. The molecule has 2 N–H and O–H groups in total. The summed E-state index contributed by atoms with van der Waals surface area (Å²) in [7, 11) is 0. The second-order valence-corrected chi connectivity index (χ2v) is 4.53. The molecule has 0 amide bonds. The van der Waals surface area contributed by atoms with Crippen molar-refractivity contribution in [1.82, 2.24) is 9.78 Å². The molecule has 1 aromatic heterocycles. The van der Waals surface area contributed by atoms with E-state index in [2.05, 4.69) is 21.0 Å². The lowest BCUT2D eigenvalue weighted by Gasteiger charge is -2.05. The Morgan fingerprint density at radius 1 is 1.47 bits per heavy atom. The van der Waals surface area contributed by atoms with Crippen molar-refractivity contribution in [2.24, 2.45) is 0 Å². The topological polar surface area (TPSA) is 43.8 Å². The highest BCUT2D eigenvalue weighted by Gasteiger charge is 2.06. The Morgan fingerprint density at radius 2 is 2.20 bits per heavy atom. The fraction of sp³-hybridized carbons (Fsp3) is 0.100. The smallest absolute Gasteiger partial charge is 0.0876 e. The molecule has 0 radical (unpaired) electrons. The van der Waals surface area contributed by atoms with Gasteiger partial charge in [-0.25, -0.2) is 4.68 Å². The first kappa shape index (κ1) is 10.5. The minimum atomic E-state index is 0.636. The van der Waals surface area contributed by atoms with Gasteiger partial charge in [0.15, 0.2) is 0 Å². The summed E-state index contributed by atoms with van der Waals surface area (Å²) in [5.74, 6) is 0. The molecular formula is C10H9BrClN3. The van der Waals surface area contributed by atoms with Crippen LogP contribution in [0.25, 0.3) is 5.69 Å². The summed E-state index contributed by atoms with van der Waals surface area (Å²) in [6.07, 6.45) is 1.75. The minimum Gasteiger partial charge on any atom is -0.397 e. The quantitative estimate of drug-likeness (QED) is 0.818. The summed E-state index contributed by atoms with van der Waals surface area (Å²) in [4.78, 5) is 0. The maximum atomic E-state index is 5.93. The molecule has 0 aliphatic rings. The Morgan fingerprint density at radius 3 is 2.73 bits per heavy atom. The molecule has 0 bridgehead atoms. The van der Waals surface area contributed by atoms with Crippen LogP contribution in [0, 0.1) is 6.92 Å². The first-order chi connectivity index (χ1) is 7.08. The average Bonchev–Trinajstić information content (AvgIpc) is 2.46. The monoisotopic (exact) mass is 285 g/mol. The summed E-state index contributed by atoms with van der Waals surface area (Å²) in [6, 6.07) is 5.64. The molecular weight excluding hydrogens is 277 g/mol. The van der Waals surface area contributed by atoms with Gasteiger partial charge in [0.2, 0.25) is 0 Å². The Bertz CT molecular complexity index is 488. The van der Waals surface area contributed by atoms with Crippen LogP contribution in [-0.2, 0) is 0 Å². The van der Waals surface area contributed by atoms with Crippen molar-refractivity contribution in [1.29, 1.82) is 0 Å². The summed E-state index contributed by atoms with van der Waals surface area (Å²) in [5.41, 5.74) is 8.15. The van der Waals surface area contributed by atoms with Crippen LogP contribution in [0.3, 0.4) is 0 Å². The van der Waals surface area contributed by atoms with E-state index < -0.39 is 0 Å². The average molecular weight is 287 g/mol. The van der Waals surface area contributed by atoms with E-state index in [1.165, 1.54) is 0 Å². The van der Waals surface area contributed by atoms with Gasteiger partial charge in [-0.1, -0.05) is 27.5 Å². The standard InChI is InChI=1S/C10H9BrClN3/c1-6-8(12)5-15(14-6)10-3-2-7(11)4-9(10)13/h2-5H,13H2,1H3. The zero-order valence-electron chi connectivity index (χ0n) is 8.04. The summed E-state index contributed by atoms with van der Waals surface area (Å²) in [5, 5.41) is 4.90. The molecule has 1 heterocycles. The van der Waals surface area contributed by atoms with Gasteiger partial charge in [0.25, 0.3) is 0 Å². The zero-order chi connectivity index (χ0) is 11.0. The van der Waals surface area contributed by atoms with Crippen molar-refractivity contribution in [3.8, 4) is 5.69 Å². The molecule has 2 rings (SSSR count). The van der Waals surface area contributed by atoms with Gasteiger partial charge in [-0.2, -0.15) is 5.10 Å². The fourth-order valence-corrected chi connectivity index (χ4v) is 1.81. The summed E-state index contributed by atoms with van der Waals surface area (Å²) >= 11 is 9.28. The van der Waals surface area contributed by atoms with Gasteiger partial charge in [0, 0.05) is 10.7 Å². The number of benzene rings is 1. The molecule has 0 atom stereocenters. The molecule has 15 heavy (non-hydrogen) atoms. The third-order valence-electron chi connectivity index (χ3n) is 2.08. The molecule has 0 aliphatic carbocycles. The fourth-order valence-electron chi connectivity index (χ4n) is 1.30. The van der Waals surface area contributed by atoms with Crippen LogP contribution in [0.5, 0.6) is 0 Å². The summed E-state index contributed by atoms with van der Waals surface area (Å²) < 4.78 is 2.62. The Kier molecular flexibility index (Phi) is 2.71. The lowest BCUT2D eigenvalue weighted by molar-refractivity contribution is 0.864. The van der Waals surface area contributed by atoms with Crippen LogP contribution in [0.4, 0.5) is 5.69 Å². The van der Waals surface area contributed by atoms with Crippen molar-refractivity contribution in [3.05, 3.63) is 39.6 Å². The van der Waals surface area contributed by atoms with Gasteiger partial charge in [-0.05, 0) is 25.1 Å². The van der Waals surface area contributed by atoms with Crippen LogP contribution in [0.2, 0.25) is 5.02 Å². The van der Waals surface area contributed by atoms with E-state index >= 15 is 0 Å². The van der Waals surface area contributed by atoms with Gasteiger partial charge >= 0.3 is 0 Å². The number of hydrogen-bond donors (Lipinski definition) is 1. The highest BCUT2D eigenvalue weighted by atomic mass is 79.9. The van der Waals surface area contributed by atoms with Crippen molar-refractivity contribution in [3.63, 3.8) is 0 Å².